The molecule has 2 aromatic rings. The number of aryl methyl sites for hydroxylation is 1. The van der Waals surface area contributed by atoms with Gasteiger partial charge >= 0.3 is 6.09 Å². The number of nitrogens with one attached hydrogen (secondary N) is 1. The van der Waals surface area contributed by atoms with E-state index in [-0.39, 0.29) is 18.1 Å². The summed E-state index contributed by atoms with van der Waals surface area (Å²) in [4.78, 5) is 31.3. The molecule has 9 nitrogen and oxygen atoms in total. The molecule has 2 amide bonds. The second-order valence-corrected chi connectivity index (χ2v) is 9.79. The lowest BCUT2D eigenvalue weighted by Gasteiger charge is -2.33. The molecule has 1 N–H and O–H groups in total. The minimum Gasteiger partial charge on any atom is -0.444 e. The molecule has 2 aliphatic heterocycles. The van der Waals surface area contributed by atoms with Crippen LogP contribution in [0, 0.1) is 6.92 Å². The first-order valence-electron chi connectivity index (χ1n) is 11.7. The molecule has 2 aliphatic rings. The molecule has 1 atom stereocenters. The average molecular weight is 459 g/mol. The number of carbonyl (C=O) groups excluding carboxylic acids is 2. The summed E-state index contributed by atoms with van der Waals surface area (Å²) in [7, 11) is 0. The van der Waals surface area contributed by atoms with Gasteiger partial charge in [0, 0.05) is 37.7 Å². The fourth-order valence-corrected chi connectivity index (χ4v) is 4.22. The van der Waals surface area contributed by atoms with Gasteiger partial charge < -0.3 is 28.8 Å². The standard InChI is InChI=1S/C24H34N4O5/c1-16-14-28-12-9-19(26-22(29)20-6-5-13-31-20)18(21(28)25-16)15-32-17-7-10-27(11-8-17)23(30)33-24(2,3)4/h9,12,14,17,20H,5-8,10-11,13,15H2,1-4H3,(H,26,29)/t20-/m0/s1. The Morgan fingerprint density at radius 2 is 2.00 bits per heavy atom. The summed E-state index contributed by atoms with van der Waals surface area (Å²) in [6.07, 6.45) is 6.26. The van der Waals surface area contributed by atoms with Gasteiger partial charge in [-0.25, -0.2) is 9.78 Å². The number of piperidine rings is 1. The summed E-state index contributed by atoms with van der Waals surface area (Å²) >= 11 is 0. The smallest absolute Gasteiger partial charge is 0.410 e. The third-order valence-corrected chi connectivity index (χ3v) is 5.89. The summed E-state index contributed by atoms with van der Waals surface area (Å²) in [5.74, 6) is -0.132. The maximum Gasteiger partial charge on any atom is 0.410 e. The number of ether oxygens (including phenoxy) is 3. The molecule has 2 fully saturated rings. The quantitative estimate of drug-likeness (QED) is 0.735. The maximum absolute atomic E-state index is 12.7. The molecule has 2 aromatic heterocycles. The molecule has 180 valence electrons. The van der Waals surface area contributed by atoms with E-state index in [1.165, 1.54) is 0 Å². The van der Waals surface area contributed by atoms with Crippen molar-refractivity contribution in [3.63, 3.8) is 0 Å². The number of imidazole rings is 1. The molecule has 0 aliphatic carbocycles. The molecule has 33 heavy (non-hydrogen) atoms. The maximum atomic E-state index is 12.7. The molecule has 0 radical (unpaired) electrons. The number of carbonyl (C=O) groups is 2. The van der Waals surface area contributed by atoms with Gasteiger partial charge in [0.05, 0.1) is 24.1 Å². The Bertz CT molecular complexity index is 998. The molecule has 0 unspecified atom stereocenters. The van der Waals surface area contributed by atoms with E-state index in [0.717, 1.165) is 42.6 Å². The number of anilines is 1. The van der Waals surface area contributed by atoms with E-state index < -0.39 is 11.7 Å². The van der Waals surface area contributed by atoms with E-state index in [1.807, 2.05) is 50.6 Å². The first-order valence-corrected chi connectivity index (χ1v) is 11.7. The normalized spacial score (nSPS) is 19.8. The number of pyridine rings is 1. The van der Waals surface area contributed by atoms with Crippen LogP contribution in [0.4, 0.5) is 10.5 Å². The van der Waals surface area contributed by atoms with Gasteiger partial charge in [0.2, 0.25) is 0 Å². The molecule has 2 saturated heterocycles. The highest BCUT2D eigenvalue weighted by molar-refractivity contribution is 5.95. The Kier molecular flexibility index (Phi) is 6.90. The lowest BCUT2D eigenvalue weighted by molar-refractivity contribution is -0.124. The summed E-state index contributed by atoms with van der Waals surface area (Å²) in [5, 5.41) is 3.02. The van der Waals surface area contributed by atoms with Crippen molar-refractivity contribution in [2.75, 3.05) is 25.0 Å². The van der Waals surface area contributed by atoms with E-state index in [9.17, 15) is 9.59 Å². The predicted molar refractivity (Wildman–Crippen MR) is 123 cm³/mol. The van der Waals surface area contributed by atoms with Crippen molar-refractivity contribution in [2.45, 2.75) is 77.8 Å². The highest BCUT2D eigenvalue weighted by atomic mass is 16.6. The van der Waals surface area contributed by atoms with Gasteiger partial charge in [-0.15, -0.1) is 0 Å². The van der Waals surface area contributed by atoms with Gasteiger partial charge in [-0.1, -0.05) is 0 Å². The second kappa shape index (κ2) is 9.69. The van der Waals surface area contributed by atoms with E-state index in [2.05, 4.69) is 10.3 Å². The minimum absolute atomic E-state index is 0.0155. The van der Waals surface area contributed by atoms with Crippen LogP contribution < -0.4 is 5.32 Å². The molecule has 0 spiro atoms. The number of likely N-dealkylation sites (tertiary alicyclic amines) is 1. The fraction of sp³-hybridized carbons (Fsp3) is 0.625. The van der Waals surface area contributed by atoms with Gasteiger partial charge in [-0.05, 0) is 59.4 Å². The molecule has 0 aromatic carbocycles. The van der Waals surface area contributed by atoms with E-state index >= 15 is 0 Å². The van der Waals surface area contributed by atoms with Crippen LogP contribution in [-0.2, 0) is 25.6 Å². The van der Waals surface area contributed by atoms with Crippen molar-refractivity contribution in [1.29, 1.82) is 0 Å². The van der Waals surface area contributed by atoms with E-state index in [4.69, 9.17) is 14.2 Å². The van der Waals surface area contributed by atoms with Crippen LogP contribution >= 0.6 is 0 Å². The number of rotatable bonds is 5. The monoisotopic (exact) mass is 458 g/mol. The SMILES string of the molecule is Cc1cn2ccc(NC(=O)[C@@H]3CCCO3)c(COC3CCN(C(=O)OC(C)(C)C)CC3)c2n1. The van der Waals surface area contributed by atoms with Crippen LogP contribution in [0.1, 0.15) is 57.7 Å². The van der Waals surface area contributed by atoms with E-state index in [1.54, 1.807) is 4.90 Å². The van der Waals surface area contributed by atoms with Gasteiger partial charge in [-0.3, -0.25) is 4.79 Å². The topological polar surface area (TPSA) is 94.4 Å². The minimum atomic E-state index is -0.504. The molecular formula is C24H34N4O5. The highest BCUT2D eigenvalue weighted by Gasteiger charge is 2.28. The van der Waals surface area contributed by atoms with Crippen LogP contribution in [0.2, 0.25) is 0 Å². The number of amides is 2. The fourth-order valence-electron chi connectivity index (χ4n) is 4.22. The zero-order valence-electron chi connectivity index (χ0n) is 19.9. The number of hydrogen-bond donors (Lipinski definition) is 1. The van der Waals surface area contributed by atoms with E-state index in [0.29, 0.717) is 32.0 Å². The van der Waals surface area contributed by atoms with Gasteiger partial charge in [0.25, 0.3) is 5.91 Å². The first kappa shape index (κ1) is 23.5. The highest BCUT2D eigenvalue weighted by Crippen LogP contribution is 2.26. The Labute approximate surface area is 194 Å². The molecule has 9 heteroatoms. The van der Waals surface area contributed by atoms with Gasteiger partial charge in [0.15, 0.2) is 0 Å². The van der Waals surface area contributed by atoms with Crippen LogP contribution in [0.15, 0.2) is 18.5 Å². The second-order valence-electron chi connectivity index (χ2n) is 9.79. The zero-order chi connectivity index (χ0) is 23.6. The third-order valence-electron chi connectivity index (χ3n) is 5.89. The van der Waals surface area contributed by atoms with Crippen molar-refractivity contribution < 1.29 is 23.8 Å². The largest absolute Gasteiger partial charge is 0.444 e. The third kappa shape index (κ3) is 5.83. The number of nitrogens with zero attached hydrogens (tertiary/aromatic N) is 3. The summed E-state index contributed by atoms with van der Waals surface area (Å²) in [5.41, 5.74) is 2.69. The summed E-state index contributed by atoms with van der Waals surface area (Å²) in [6.45, 7) is 9.67. The lowest BCUT2D eigenvalue weighted by Crippen LogP contribution is -2.43. The Balaban J connectivity index is 1.41. The predicted octanol–water partition coefficient (Wildman–Crippen LogP) is 3.68. The van der Waals surface area contributed by atoms with Crippen LogP contribution in [0.25, 0.3) is 5.65 Å². The van der Waals surface area contributed by atoms with Gasteiger partial charge in [0.1, 0.15) is 17.4 Å². The Hall–Kier alpha value is -2.65. The molecule has 4 rings (SSSR count). The number of hydrogen-bond acceptors (Lipinski definition) is 6. The summed E-state index contributed by atoms with van der Waals surface area (Å²) in [6, 6.07) is 1.88. The van der Waals surface area contributed by atoms with Crippen molar-refractivity contribution in [3.05, 3.63) is 29.7 Å². The number of aromatic nitrogens is 2. The molecular weight excluding hydrogens is 424 g/mol. The lowest BCUT2D eigenvalue weighted by atomic mass is 10.1. The molecule has 0 saturated carbocycles. The van der Waals surface area contributed by atoms with Gasteiger partial charge in [-0.2, -0.15) is 0 Å². The van der Waals surface area contributed by atoms with Crippen molar-refractivity contribution in [2.24, 2.45) is 0 Å². The Morgan fingerprint density at radius 3 is 2.67 bits per heavy atom. The van der Waals surface area contributed by atoms with Crippen LogP contribution in [0.3, 0.4) is 0 Å². The van der Waals surface area contributed by atoms with Crippen LogP contribution in [0.5, 0.6) is 0 Å². The van der Waals surface area contributed by atoms with Crippen molar-refractivity contribution in [3.8, 4) is 0 Å². The average Bonchev–Trinajstić information content (AvgIpc) is 3.41. The van der Waals surface area contributed by atoms with Crippen molar-refractivity contribution in [1.82, 2.24) is 14.3 Å². The first-order chi connectivity index (χ1) is 15.7. The summed E-state index contributed by atoms with van der Waals surface area (Å²) < 4.78 is 19.2. The molecule has 0 bridgehead atoms. The zero-order valence-corrected chi connectivity index (χ0v) is 19.9. The Morgan fingerprint density at radius 1 is 1.24 bits per heavy atom. The number of fused-ring (bicyclic) bond motifs is 1. The molecule has 4 heterocycles. The van der Waals surface area contributed by atoms with Crippen LogP contribution in [-0.4, -0.2) is 63.8 Å². The van der Waals surface area contributed by atoms with Crippen molar-refractivity contribution >= 4 is 23.3 Å².